The first-order valence-electron chi connectivity index (χ1n) is 7.66. The van der Waals surface area contributed by atoms with Crippen LogP contribution in [0.1, 0.15) is 24.1 Å². The van der Waals surface area contributed by atoms with Crippen molar-refractivity contribution in [2.75, 3.05) is 0 Å². The number of rotatable bonds is 2. The van der Waals surface area contributed by atoms with Crippen molar-refractivity contribution in [1.29, 1.82) is 0 Å². The third kappa shape index (κ3) is 2.34. The molecule has 4 rings (SSSR count). The first-order valence-corrected chi connectivity index (χ1v) is 8.04. The predicted molar refractivity (Wildman–Crippen MR) is 89.5 cm³/mol. The van der Waals surface area contributed by atoms with Crippen LogP contribution in [0.25, 0.3) is 16.9 Å². The lowest BCUT2D eigenvalue weighted by Gasteiger charge is -2.12. The highest BCUT2D eigenvalue weighted by atomic mass is 35.5. The molecule has 0 aliphatic heterocycles. The van der Waals surface area contributed by atoms with E-state index in [1.165, 1.54) is 35.4 Å². The first kappa shape index (κ1) is 13.6. The number of aromatic nitrogens is 2. The van der Waals surface area contributed by atoms with Gasteiger partial charge in [-0.15, -0.1) is 0 Å². The summed E-state index contributed by atoms with van der Waals surface area (Å²) in [5.41, 5.74) is 6.09. The van der Waals surface area contributed by atoms with E-state index >= 15 is 0 Å². The lowest BCUT2D eigenvalue weighted by Crippen LogP contribution is -2.01. The van der Waals surface area contributed by atoms with E-state index < -0.39 is 0 Å². The molecule has 3 heteroatoms. The minimum Gasteiger partial charge on any atom is -0.233 e. The van der Waals surface area contributed by atoms with Crippen molar-refractivity contribution in [3.63, 3.8) is 0 Å². The van der Waals surface area contributed by atoms with Gasteiger partial charge in [0.05, 0.1) is 17.1 Å². The molecular formula is C19H16ClN2. The zero-order valence-electron chi connectivity index (χ0n) is 12.2. The average molecular weight is 308 g/mol. The van der Waals surface area contributed by atoms with Gasteiger partial charge in [-0.1, -0.05) is 35.9 Å². The molecule has 1 heterocycles. The van der Waals surface area contributed by atoms with Crippen LogP contribution < -0.4 is 0 Å². The van der Waals surface area contributed by atoms with Gasteiger partial charge in [-0.25, -0.2) is 4.68 Å². The summed E-state index contributed by atoms with van der Waals surface area (Å²) in [6, 6.07) is 19.1. The second-order valence-corrected chi connectivity index (χ2v) is 6.09. The molecule has 0 N–H and O–H groups in total. The molecule has 0 bridgehead atoms. The number of fused-ring (bicyclic) bond motifs is 1. The number of aryl methyl sites for hydroxylation is 1. The van der Waals surface area contributed by atoms with Crippen molar-refractivity contribution in [3.05, 3.63) is 70.9 Å². The molecular weight excluding hydrogens is 292 g/mol. The van der Waals surface area contributed by atoms with E-state index in [-0.39, 0.29) is 0 Å². The Morgan fingerprint density at radius 3 is 2.45 bits per heavy atom. The lowest BCUT2D eigenvalue weighted by atomic mass is 9.93. The number of hydrogen-bond donors (Lipinski definition) is 0. The highest BCUT2D eigenvalue weighted by Crippen LogP contribution is 2.34. The summed E-state index contributed by atoms with van der Waals surface area (Å²) in [6.45, 7) is 0. The summed E-state index contributed by atoms with van der Waals surface area (Å²) in [4.78, 5) is 0. The largest absolute Gasteiger partial charge is 0.233 e. The van der Waals surface area contributed by atoms with Crippen LogP contribution >= 0.6 is 11.6 Å². The Bertz CT molecular complexity index is 788. The molecule has 3 aromatic rings. The number of nitrogens with zero attached hydrogens (tertiary/aromatic N) is 2. The fourth-order valence-corrected chi connectivity index (χ4v) is 3.29. The lowest BCUT2D eigenvalue weighted by molar-refractivity contribution is 0.671. The summed E-state index contributed by atoms with van der Waals surface area (Å²) in [7, 11) is 0. The maximum absolute atomic E-state index is 6.05. The molecule has 0 fully saturated rings. The zero-order chi connectivity index (χ0) is 14.9. The Morgan fingerprint density at radius 1 is 0.955 bits per heavy atom. The molecule has 2 nitrogen and oxygen atoms in total. The molecule has 1 aromatic heterocycles. The van der Waals surface area contributed by atoms with Crippen LogP contribution in [0, 0.1) is 6.07 Å². The third-order valence-electron chi connectivity index (χ3n) is 4.22. The Balaban J connectivity index is 1.94. The quantitative estimate of drug-likeness (QED) is 0.660. The Labute approximate surface area is 135 Å². The smallest absolute Gasteiger partial charge is 0.0775 e. The van der Waals surface area contributed by atoms with E-state index in [1.54, 1.807) is 0 Å². The van der Waals surface area contributed by atoms with Gasteiger partial charge in [0.2, 0.25) is 0 Å². The van der Waals surface area contributed by atoms with Gasteiger partial charge in [0.1, 0.15) is 0 Å². The molecule has 0 amide bonds. The first-order chi connectivity index (χ1) is 10.8. The van der Waals surface area contributed by atoms with Crippen molar-refractivity contribution in [1.82, 2.24) is 9.78 Å². The van der Waals surface area contributed by atoms with E-state index in [9.17, 15) is 0 Å². The maximum atomic E-state index is 6.05. The molecule has 0 unspecified atom stereocenters. The van der Waals surface area contributed by atoms with Crippen LogP contribution in [0.4, 0.5) is 0 Å². The number of halogens is 1. The monoisotopic (exact) mass is 307 g/mol. The topological polar surface area (TPSA) is 17.8 Å². The standard InChI is InChI=1S/C19H16ClN2/c20-15-12-10-14(11-13-15)19-17-8-4-5-9-18(17)21-22(19)16-6-2-1-3-7-16/h2-3,6-7,10-13H,4-5,8-9H2. The molecule has 22 heavy (non-hydrogen) atoms. The van der Waals surface area contributed by atoms with Crippen LogP contribution in [0.5, 0.6) is 0 Å². The summed E-state index contributed by atoms with van der Waals surface area (Å²) in [5.74, 6) is 0. The van der Waals surface area contributed by atoms with Gasteiger partial charge in [-0.3, -0.25) is 0 Å². The van der Waals surface area contributed by atoms with Crippen LogP contribution in [0.3, 0.4) is 0 Å². The fraction of sp³-hybridized carbons (Fsp3) is 0.211. The second kappa shape index (κ2) is 5.62. The van der Waals surface area contributed by atoms with Gasteiger partial charge in [-0.05, 0) is 56.0 Å². The van der Waals surface area contributed by atoms with Crippen molar-refractivity contribution < 1.29 is 0 Å². The molecule has 109 valence electrons. The third-order valence-corrected chi connectivity index (χ3v) is 4.47. The van der Waals surface area contributed by atoms with Crippen LogP contribution in [0.15, 0.2) is 48.5 Å². The minimum atomic E-state index is 0.762. The Kier molecular flexibility index (Phi) is 3.47. The highest BCUT2D eigenvalue weighted by molar-refractivity contribution is 6.30. The van der Waals surface area contributed by atoms with Crippen LogP contribution in [-0.2, 0) is 12.8 Å². The van der Waals surface area contributed by atoms with E-state index in [4.69, 9.17) is 16.7 Å². The molecule has 0 spiro atoms. The predicted octanol–water partition coefficient (Wildman–Crippen LogP) is 4.87. The molecule has 0 saturated carbocycles. The van der Waals surface area contributed by atoms with Gasteiger partial charge < -0.3 is 0 Å². The SMILES string of the molecule is Clc1ccc(-c2c3c(nn2-c2cc[c]cc2)CCCC3)cc1. The molecule has 1 aliphatic carbocycles. The fourth-order valence-electron chi connectivity index (χ4n) is 3.16. The van der Waals surface area contributed by atoms with Gasteiger partial charge in [0, 0.05) is 16.1 Å². The van der Waals surface area contributed by atoms with Crippen LogP contribution in [0.2, 0.25) is 5.02 Å². The average Bonchev–Trinajstić information content (AvgIpc) is 2.96. The molecule has 2 aromatic carbocycles. The number of benzene rings is 2. The van der Waals surface area contributed by atoms with Crippen LogP contribution in [-0.4, -0.2) is 9.78 Å². The maximum Gasteiger partial charge on any atom is 0.0775 e. The summed E-state index contributed by atoms with van der Waals surface area (Å²) in [6.07, 6.45) is 4.64. The van der Waals surface area contributed by atoms with Crippen molar-refractivity contribution in [3.8, 4) is 16.9 Å². The highest BCUT2D eigenvalue weighted by Gasteiger charge is 2.22. The summed E-state index contributed by atoms with van der Waals surface area (Å²) < 4.78 is 2.08. The molecule has 1 radical (unpaired) electrons. The summed E-state index contributed by atoms with van der Waals surface area (Å²) in [5, 5.41) is 5.65. The second-order valence-electron chi connectivity index (χ2n) is 5.66. The Hall–Kier alpha value is -2.06. The van der Waals surface area contributed by atoms with Crippen molar-refractivity contribution in [2.45, 2.75) is 25.7 Å². The molecule has 1 aliphatic rings. The summed E-state index contributed by atoms with van der Waals surface area (Å²) >= 11 is 6.05. The van der Waals surface area contributed by atoms with Crippen molar-refractivity contribution in [2.24, 2.45) is 0 Å². The van der Waals surface area contributed by atoms with E-state index in [1.807, 2.05) is 24.3 Å². The Morgan fingerprint density at radius 2 is 1.68 bits per heavy atom. The van der Waals surface area contributed by atoms with E-state index in [0.717, 1.165) is 23.6 Å². The van der Waals surface area contributed by atoms with Gasteiger partial charge in [-0.2, -0.15) is 5.10 Å². The minimum absolute atomic E-state index is 0.762. The normalized spacial score (nSPS) is 13.9. The van der Waals surface area contributed by atoms with Gasteiger partial charge in [0.25, 0.3) is 0 Å². The zero-order valence-corrected chi connectivity index (χ0v) is 13.0. The van der Waals surface area contributed by atoms with Gasteiger partial charge in [0.15, 0.2) is 0 Å². The van der Waals surface area contributed by atoms with E-state index in [0.29, 0.717) is 0 Å². The molecule has 0 atom stereocenters. The molecule has 0 saturated heterocycles. The number of hydrogen-bond acceptors (Lipinski definition) is 1. The van der Waals surface area contributed by atoms with Crippen molar-refractivity contribution >= 4 is 11.6 Å². The van der Waals surface area contributed by atoms with Gasteiger partial charge >= 0.3 is 0 Å². The van der Waals surface area contributed by atoms with E-state index in [2.05, 4.69) is 35.0 Å².